The summed E-state index contributed by atoms with van der Waals surface area (Å²) in [5, 5.41) is 6.81. The second-order valence-corrected chi connectivity index (χ2v) is 3.20. The average Bonchev–Trinajstić information content (AvgIpc) is 2.14. The van der Waals surface area contributed by atoms with Crippen molar-refractivity contribution < 1.29 is 0 Å². The van der Waals surface area contributed by atoms with Gasteiger partial charge in [-0.05, 0) is 26.3 Å². The summed E-state index contributed by atoms with van der Waals surface area (Å²) in [6.45, 7) is 4.95. The molecule has 1 atom stereocenters. The van der Waals surface area contributed by atoms with E-state index in [1.165, 1.54) is 25.8 Å². The molecule has 0 aromatic heterocycles. The van der Waals surface area contributed by atoms with Crippen LogP contribution in [0.1, 0.15) is 26.2 Å². The fourth-order valence-corrected chi connectivity index (χ4v) is 1.50. The van der Waals surface area contributed by atoms with E-state index in [0.717, 1.165) is 13.1 Å². The average molecular weight is 166 g/mol. The van der Waals surface area contributed by atoms with Crippen molar-refractivity contribution in [3.63, 3.8) is 0 Å². The SMILES string of the molecule is CC#CCNCC1CCCCN1. The van der Waals surface area contributed by atoms with E-state index in [9.17, 15) is 0 Å². The molecular formula is C10H18N2. The monoisotopic (exact) mass is 166 g/mol. The topological polar surface area (TPSA) is 24.1 Å². The Morgan fingerprint density at radius 3 is 3.08 bits per heavy atom. The summed E-state index contributed by atoms with van der Waals surface area (Å²) in [5.41, 5.74) is 0. The van der Waals surface area contributed by atoms with Gasteiger partial charge in [0.15, 0.2) is 0 Å². The van der Waals surface area contributed by atoms with Crippen molar-refractivity contribution >= 4 is 0 Å². The number of hydrogen-bond acceptors (Lipinski definition) is 2. The van der Waals surface area contributed by atoms with Gasteiger partial charge in [-0.3, -0.25) is 0 Å². The first-order valence-corrected chi connectivity index (χ1v) is 4.77. The minimum atomic E-state index is 0.678. The number of piperidine rings is 1. The van der Waals surface area contributed by atoms with Crippen molar-refractivity contribution in [3.05, 3.63) is 0 Å². The minimum absolute atomic E-state index is 0.678. The molecule has 2 N–H and O–H groups in total. The van der Waals surface area contributed by atoms with Crippen LogP contribution in [0.2, 0.25) is 0 Å². The summed E-state index contributed by atoms with van der Waals surface area (Å²) in [4.78, 5) is 0. The summed E-state index contributed by atoms with van der Waals surface area (Å²) in [5.74, 6) is 5.87. The molecule has 0 spiro atoms. The highest BCUT2D eigenvalue weighted by Crippen LogP contribution is 2.05. The van der Waals surface area contributed by atoms with Crippen LogP contribution in [0.3, 0.4) is 0 Å². The maximum absolute atomic E-state index is 3.49. The minimum Gasteiger partial charge on any atom is -0.313 e. The van der Waals surface area contributed by atoms with E-state index in [0.29, 0.717) is 6.04 Å². The fourth-order valence-electron chi connectivity index (χ4n) is 1.50. The van der Waals surface area contributed by atoms with Gasteiger partial charge < -0.3 is 10.6 Å². The Morgan fingerprint density at radius 1 is 1.50 bits per heavy atom. The van der Waals surface area contributed by atoms with Crippen molar-refractivity contribution in [2.45, 2.75) is 32.2 Å². The molecule has 1 fully saturated rings. The lowest BCUT2D eigenvalue weighted by Gasteiger charge is -2.23. The van der Waals surface area contributed by atoms with E-state index in [-0.39, 0.29) is 0 Å². The van der Waals surface area contributed by atoms with E-state index in [1.54, 1.807) is 0 Å². The Kier molecular flexibility index (Phi) is 4.82. The van der Waals surface area contributed by atoms with Crippen LogP contribution in [0.5, 0.6) is 0 Å². The second-order valence-electron chi connectivity index (χ2n) is 3.20. The lowest BCUT2D eigenvalue weighted by molar-refractivity contribution is 0.389. The molecule has 0 radical (unpaired) electrons. The van der Waals surface area contributed by atoms with Gasteiger partial charge in [0, 0.05) is 12.6 Å². The zero-order valence-electron chi connectivity index (χ0n) is 7.82. The van der Waals surface area contributed by atoms with Crippen LogP contribution >= 0.6 is 0 Å². The van der Waals surface area contributed by atoms with E-state index in [4.69, 9.17) is 0 Å². The molecule has 12 heavy (non-hydrogen) atoms. The van der Waals surface area contributed by atoms with Gasteiger partial charge in [0.2, 0.25) is 0 Å². The third kappa shape index (κ3) is 3.75. The predicted octanol–water partition coefficient (Wildman–Crippen LogP) is 0.741. The molecule has 1 saturated heterocycles. The lowest BCUT2D eigenvalue weighted by atomic mass is 10.1. The highest BCUT2D eigenvalue weighted by atomic mass is 15.0. The lowest BCUT2D eigenvalue weighted by Crippen LogP contribution is -2.41. The van der Waals surface area contributed by atoms with Crippen LogP contribution < -0.4 is 10.6 Å². The van der Waals surface area contributed by atoms with Gasteiger partial charge in [-0.25, -0.2) is 0 Å². The molecule has 0 aliphatic carbocycles. The molecule has 2 heteroatoms. The van der Waals surface area contributed by atoms with E-state index in [2.05, 4.69) is 22.5 Å². The molecule has 1 rings (SSSR count). The molecule has 0 saturated carbocycles. The third-order valence-corrected chi connectivity index (χ3v) is 2.19. The van der Waals surface area contributed by atoms with Gasteiger partial charge in [-0.1, -0.05) is 12.3 Å². The molecule has 0 aromatic rings. The summed E-state index contributed by atoms with van der Waals surface area (Å²) in [6, 6.07) is 0.678. The molecular weight excluding hydrogens is 148 g/mol. The van der Waals surface area contributed by atoms with Crippen molar-refractivity contribution in [2.75, 3.05) is 19.6 Å². The van der Waals surface area contributed by atoms with Crippen LogP contribution in [-0.4, -0.2) is 25.7 Å². The first-order chi connectivity index (χ1) is 5.93. The van der Waals surface area contributed by atoms with Crippen LogP contribution in [0.25, 0.3) is 0 Å². The maximum atomic E-state index is 3.49. The zero-order chi connectivity index (χ0) is 8.65. The van der Waals surface area contributed by atoms with Gasteiger partial charge in [-0.15, -0.1) is 5.92 Å². The predicted molar refractivity (Wildman–Crippen MR) is 52.0 cm³/mol. The molecule has 1 aliphatic heterocycles. The number of rotatable bonds is 3. The first kappa shape index (κ1) is 9.57. The highest BCUT2D eigenvalue weighted by molar-refractivity contribution is 4.97. The summed E-state index contributed by atoms with van der Waals surface area (Å²) < 4.78 is 0. The van der Waals surface area contributed by atoms with Gasteiger partial charge in [-0.2, -0.15) is 0 Å². The first-order valence-electron chi connectivity index (χ1n) is 4.77. The summed E-state index contributed by atoms with van der Waals surface area (Å²) in [7, 11) is 0. The van der Waals surface area contributed by atoms with Gasteiger partial charge in [0.1, 0.15) is 0 Å². The molecule has 0 amide bonds. The summed E-state index contributed by atoms with van der Waals surface area (Å²) in [6.07, 6.45) is 4.02. The molecule has 2 nitrogen and oxygen atoms in total. The van der Waals surface area contributed by atoms with E-state index in [1.807, 2.05) is 6.92 Å². The third-order valence-electron chi connectivity index (χ3n) is 2.19. The largest absolute Gasteiger partial charge is 0.313 e. The van der Waals surface area contributed by atoms with Gasteiger partial charge in [0.25, 0.3) is 0 Å². The van der Waals surface area contributed by atoms with Crippen molar-refractivity contribution in [2.24, 2.45) is 0 Å². The van der Waals surface area contributed by atoms with Crippen LogP contribution in [0.4, 0.5) is 0 Å². The highest BCUT2D eigenvalue weighted by Gasteiger charge is 2.10. The Hall–Kier alpha value is -0.520. The Morgan fingerprint density at radius 2 is 2.42 bits per heavy atom. The second kappa shape index (κ2) is 6.05. The van der Waals surface area contributed by atoms with Crippen molar-refractivity contribution in [3.8, 4) is 11.8 Å². The zero-order valence-corrected chi connectivity index (χ0v) is 7.82. The molecule has 1 unspecified atom stereocenters. The Bertz CT molecular complexity index is 160. The molecule has 0 aromatic carbocycles. The molecule has 1 heterocycles. The molecule has 1 aliphatic rings. The molecule has 68 valence electrons. The van der Waals surface area contributed by atoms with Crippen LogP contribution in [-0.2, 0) is 0 Å². The quantitative estimate of drug-likeness (QED) is 0.477. The van der Waals surface area contributed by atoms with Gasteiger partial charge >= 0.3 is 0 Å². The Balaban J connectivity index is 2.00. The number of hydrogen-bond donors (Lipinski definition) is 2. The van der Waals surface area contributed by atoms with Crippen molar-refractivity contribution in [1.82, 2.24) is 10.6 Å². The molecule has 0 bridgehead atoms. The van der Waals surface area contributed by atoms with Crippen LogP contribution in [0.15, 0.2) is 0 Å². The normalized spacial score (nSPS) is 22.9. The van der Waals surface area contributed by atoms with Crippen LogP contribution in [0, 0.1) is 11.8 Å². The fraction of sp³-hybridized carbons (Fsp3) is 0.800. The van der Waals surface area contributed by atoms with E-state index >= 15 is 0 Å². The number of nitrogens with one attached hydrogen (secondary N) is 2. The maximum Gasteiger partial charge on any atom is 0.0576 e. The van der Waals surface area contributed by atoms with Gasteiger partial charge in [0.05, 0.1) is 6.54 Å². The van der Waals surface area contributed by atoms with Crippen molar-refractivity contribution in [1.29, 1.82) is 0 Å². The standard InChI is InChI=1S/C10H18N2/c1-2-3-7-11-9-10-6-4-5-8-12-10/h10-12H,4-9H2,1H3. The summed E-state index contributed by atoms with van der Waals surface area (Å²) >= 11 is 0. The smallest absolute Gasteiger partial charge is 0.0576 e. The Labute approximate surface area is 75.1 Å². The van der Waals surface area contributed by atoms with E-state index < -0.39 is 0 Å².